The molecule has 3 aromatic carbocycles. The molecule has 0 saturated carbocycles. The number of benzene rings is 3. The van der Waals surface area contributed by atoms with Gasteiger partial charge >= 0.3 is 6.18 Å². The Hall–Kier alpha value is -2.59. The summed E-state index contributed by atoms with van der Waals surface area (Å²) in [5.74, 6) is -1.99. The van der Waals surface area contributed by atoms with Crippen molar-refractivity contribution < 1.29 is 17.6 Å². The standard InChI is InChI=1S/C23H17ClF4/c24-20-13-12-19(22(25)15-20)11-10-16-6-8-17(9-7-16)14-21(23(26,27)28)18-4-2-1-3-5-18/h1-13,15,21H,14H2/t21-/m1/s1. The van der Waals surface area contributed by atoms with E-state index in [9.17, 15) is 17.6 Å². The summed E-state index contributed by atoms with van der Waals surface area (Å²) in [6.45, 7) is 0. The van der Waals surface area contributed by atoms with Crippen LogP contribution in [0.25, 0.3) is 12.2 Å². The summed E-state index contributed by atoms with van der Waals surface area (Å²) >= 11 is 5.73. The van der Waals surface area contributed by atoms with E-state index >= 15 is 0 Å². The molecule has 3 aromatic rings. The van der Waals surface area contributed by atoms with E-state index in [4.69, 9.17) is 11.6 Å². The zero-order valence-corrected chi connectivity index (χ0v) is 15.5. The van der Waals surface area contributed by atoms with Gasteiger partial charge in [-0.05, 0) is 35.2 Å². The smallest absolute Gasteiger partial charge is 0.206 e. The Kier molecular flexibility index (Phi) is 6.20. The van der Waals surface area contributed by atoms with E-state index in [-0.39, 0.29) is 12.0 Å². The normalized spacial score (nSPS) is 13.0. The third kappa shape index (κ3) is 5.23. The first-order valence-electron chi connectivity index (χ1n) is 8.66. The summed E-state index contributed by atoms with van der Waals surface area (Å²) in [6, 6.07) is 19.1. The minimum absolute atomic E-state index is 0.136. The lowest BCUT2D eigenvalue weighted by Crippen LogP contribution is -2.22. The lowest BCUT2D eigenvalue weighted by molar-refractivity contribution is -0.150. The molecule has 0 heterocycles. The molecule has 0 aromatic heterocycles. The fourth-order valence-corrected chi connectivity index (χ4v) is 3.09. The summed E-state index contributed by atoms with van der Waals surface area (Å²) < 4.78 is 54.3. The monoisotopic (exact) mass is 404 g/mol. The van der Waals surface area contributed by atoms with Gasteiger partial charge < -0.3 is 0 Å². The van der Waals surface area contributed by atoms with Gasteiger partial charge in [0.1, 0.15) is 5.82 Å². The molecule has 0 aliphatic rings. The van der Waals surface area contributed by atoms with Gasteiger partial charge in [0.15, 0.2) is 0 Å². The van der Waals surface area contributed by atoms with E-state index in [1.54, 1.807) is 66.7 Å². The Balaban J connectivity index is 1.75. The Morgan fingerprint density at radius 2 is 1.54 bits per heavy atom. The van der Waals surface area contributed by atoms with Crippen molar-refractivity contribution in [3.05, 3.63) is 106 Å². The van der Waals surface area contributed by atoms with E-state index in [1.165, 1.54) is 18.2 Å². The summed E-state index contributed by atoms with van der Waals surface area (Å²) in [6.07, 6.45) is -1.16. The fraction of sp³-hybridized carbons (Fsp3) is 0.130. The van der Waals surface area contributed by atoms with Gasteiger partial charge in [-0.25, -0.2) is 4.39 Å². The van der Waals surface area contributed by atoms with Crippen LogP contribution in [0.15, 0.2) is 72.8 Å². The van der Waals surface area contributed by atoms with Gasteiger partial charge in [0.25, 0.3) is 0 Å². The van der Waals surface area contributed by atoms with E-state index < -0.39 is 17.9 Å². The van der Waals surface area contributed by atoms with Crippen molar-refractivity contribution in [3.8, 4) is 0 Å². The third-order valence-corrected chi connectivity index (χ3v) is 4.67. The summed E-state index contributed by atoms with van der Waals surface area (Å²) in [4.78, 5) is 0. The van der Waals surface area contributed by atoms with Crippen molar-refractivity contribution in [2.75, 3.05) is 0 Å². The molecule has 0 nitrogen and oxygen atoms in total. The van der Waals surface area contributed by atoms with E-state index in [0.717, 1.165) is 5.56 Å². The highest BCUT2D eigenvalue weighted by Gasteiger charge is 2.40. The highest BCUT2D eigenvalue weighted by atomic mass is 35.5. The number of rotatable bonds is 5. The van der Waals surface area contributed by atoms with Crippen molar-refractivity contribution >= 4 is 23.8 Å². The van der Waals surface area contributed by atoms with Gasteiger partial charge in [0.2, 0.25) is 0 Å². The number of halogens is 5. The second kappa shape index (κ2) is 8.61. The second-order valence-electron chi connectivity index (χ2n) is 6.45. The van der Waals surface area contributed by atoms with Crippen LogP contribution in [0.2, 0.25) is 5.02 Å². The summed E-state index contributed by atoms with van der Waals surface area (Å²) in [5, 5.41) is 0.316. The SMILES string of the molecule is Fc1cc(Cl)ccc1C=Cc1ccc(C[C@H](c2ccccc2)C(F)(F)F)cc1. The number of hydrogen-bond acceptors (Lipinski definition) is 0. The molecule has 0 amide bonds. The molecule has 0 aliphatic heterocycles. The Morgan fingerprint density at radius 1 is 0.857 bits per heavy atom. The average molecular weight is 405 g/mol. The van der Waals surface area contributed by atoms with Crippen molar-refractivity contribution in [1.29, 1.82) is 0 Å². The third-order valence-electron chi connectivity index (χ3n) is 4.43. The molecule has 0 aliphatic carbocycles. The van der Waals surface area contributed by atoms with Gasteiger partial charge in [-0.3, -0.25) is 0 Å². The molecule has 0 unspecified atom stereocenters. The maximum atomic E-state index is 13.8. The van der Waals surface area contributed by atoms with Gasteiger partial charge in [-0.15, -0.1) is 0 Å². The van der Waals surface area contributed by atoms with Crippen molar-refractivity contribution in [1.82, 2.24) is 0 Å². The second-order valence-corrected chi connectivity index (χ2v) is 6.89. The van der Waals surface area contributed by atoms with Crippen molar-refractivity contribution in [3.63, 3.8) is 0 Å². The highest BCUT2D eigenvalue weighted by molar-refractivity contribution is 6.30. The Bertz CT molecular complexity index is 945. The van der Waals surface area contributed by atoms with E-state index in [0.29, 0.717) is 16.1 Å². The lowest BCUT2D eigenvalue weighted by atomic mass is 9.91. The molecule has 5 heteroatoms. The largest absolute Gasteiger partial charge is 0.396 e. The average Bonchev–Trinajstić information content (AvgIpc) is 2.66. The predicted octanol–water partition coefficient (Wildman–Crippen LogP) is 7.54. The van der Waals surface area contributed by atoms with E-state index in [1.807, 2.05) is 0 Å². The molecule has 0 N–H and O–H groups in total. The van der Waals surface area contributed by atoms with Crippen LogP contribution in [-0.4, -0.2) is 6.18 Å². The first-order chi connectivity index (χ1) is 13.3. The molecule has 3 rings (SSSR count). The lowest BCUT2D eigenvalue weighted by Gasteiger charge is -2.21. The summed E-state index contributed by atoms with van der Waals surface area (Å²) in [7, 11) is 0. The Labute approximate surface area is 166 Å². The Morgan fingerprint density at radius 3 is 2.14 bits per heavy atom. The first-order valence-corrected chi connectivity index (χ1v) is 9.04. The quantitative estimate of drug-likeness (QED) is 0.304. The molecule has 0 saturated heterocycles. The molecule has 1 atom stereocenters. The van der Waals surface area contributed by atoms with Crippen molar-refractivity contribution in [2.24, 2.45) is 0 Å². The van der Waals surface area contributed by atoms with Crippen LogP contribution < -0.4 is 0 Å². The molecular formula is C23H17ClF4. The molecule has 0 radical (unpaired) electrons. The predicted molar refractivity (Wildman–Crippen MR) is 106 cm³/mol. The maximum absolute atomic E-state index is 13.8. The minimum atomic E-state index is -4.33. The van der Waals surface area contributed by atoms with Gasteiger partial charge in [-0.1, -0.05) is 84.4 Å². The first kappa shape index (κ1) is 20.2. The maximum Gasteiger partial charge on any atom is 0.396 e. The van der Waals surface area contributed by atoms with Crippen LogP contribution in [-0.2, 0) is 6.42 Å². The molecule has 28 heavy (non-hydrogen) atoms. The number of alkyl halides is 3. The van der Waals surface area contributed by atoms with Crippen LogP contribution >= 0.6 is 11.6 Å². The molecule has 0 fully saturated rings. The topological polar surface area (TPSA) is 0 Å². The van der Waals surface area contributed by atoms with Crippen molar-refractivity contribution in [2.45, 2.75) is 18.5 Å². The van der Waals surface area contributed by atoms with Crippen LogP contribution in [0.3, 0.4) is 0 Å². The van der Waals surface area contributed by atoms with Crippen LogP contribution in [0.5, 0.6) is 0 Å². The zero-order chi connectivity index (χ0) is 20.1. The molecule has 0 spiro atoms. The van der Waals surface area contributed by atoms with E-state index in [2.05, 4.69) is 0 Å². The van der Waals surface area contributed by atoms with Gasteiger partial charge in [0, 0.05) is 10.6 Å². The molecule has 144 valence electrons. The highest BCUT2D eigenvalue weighted by Crippen LogP contribution is 2.37. The minimum Gasteiger partial charge on any atom is -0.206 e. The van der Waals surface area contributed by atoms with Gasteiger partial charge in [0.05, 0.1) is 5.92 Å². The van der Waals surface area contributed by atoms with Crippen LogP contribution in [0, 0.1) is 5.82 Å². The summed E-state index contributed by atoms with van der Waals surface area (Å²) in [5.41, 5.74) is 1.98. The van der Waals surface area contributed by atoms with Gasteiger partial charge in [-0.2, -0.15) is 13.2 Å². The number of hydrogen-bond donors (Lipinski definition) is 0. The zero-order valence-electron chi connectivity index (χ0n) is 14.8. The molecule has 0 bridgehead atoms. The molecular weight excluding hydrogens is 388 g/mol. The fourth-order valence-electron chi connectivity index (χ4n) is 2.93. The van der Waals surface area contributed by atoms with Crippen LogP contribution in [0.1, 0.15) is 28.2 Å². The van der Waals surface area contributed by atoms with Crippen LogP contribution in [0.4, 0.5) is 17.6 Å².